The van der Waals surface area contributed by atoms with Crippen LogP contribution in [0.15, 0.2) is 48.1 Å². The van der Waals surface area contributed by atoms with E-state index in [9.17, 15) is 4.79 Å². The normalized spacial score (nSPS) is 14.1. The van der Waals surface area contributed by atoms with E-state index in [1.165, 1.54) is 11.3 Å². The fraction of sp³-hybridized carbons (Fsp3) is 0.211. The van der Waals surface area contributed by atoms with E-state index >= 15 is 0 Å². The maximum Gasteiger partial charge on any atom is 0.284 e. The zero-order valence-electron chi connectivity index (χ0n) is 14.7. The van der Waals surface area contributed by atoms with Gasteiger partial charge in [0, 0.05) is 44.0 Å². The van der Waals surface area contributed by atoms with Gasteiger partial charge in [0.25, 0.3) is 5.91 Å². The number of thiazole rings is 1. The SMILES string of the molecule is Nc1ccc(-c2ccncc2)cc1NC(=O)c1nc(N2CCNCC2)cs1. The van der Waals surface area contributed by atoms with Crippen molar-refractivity contribution in [3.8, 4) is 11.1 Å². The van der Waals surface area contributed by atoms with Gasteiger partial charge in [-0.3, -0.25) is 9.78 Å². The molecule has 0 radical (unpaired) electrons. The van der Waals surface area contributed by atoms with Gasteiger partial charge in [0.15, 0.2) is 5.01 Å². The first kappa shape index (κ1) is 17.4. The highest BCUT2D eigenvalue weighted by atomic mass is 32.1. The molecule has 7 nitrogen and oxygen atoms in total. The van der Waals surface area contributed by atoms with Gasteiger partial charge in [-0.05, 0) is 35.4 Å². The molecule has 8 heteroatoms. The van der Waals surface area contributed by atoms with Crippen molar-refractivity contribution in [2.75, 3.05) is 42.1 Å². The Bertz CT molecular complexity index is 936. The van der Waals surface area contributed by atoms with E-state index in [0.29, 0.717) is 16.4 Å². The number of piperazine rings is 1. The highest BCUT2D eigenvalue weighted by molar-refractivity contribution is 7.12. The van der Waals surface area contributed by atoms with Gasteiger partial charge in [-0.2, -0.15) is 0 Å². The number of rotatable bonds is 4. The van der Waals surface area contributed by atoms with Crippen LogP contribution in [0, 0.1) is 0 Å². The number of carbonyl (C=O) groups is 1. The molecule has 0 saturated carbocycles. The first-order valence-electron chi connectivity index (χ1n) is 8.73. The van der Waals surface area contributed by atoms with E-state index in [1.807, 2.05) is 29.6 Å². The number of aromatic nitrogens is 2. The average Bonchev–Trinajstić information content (AvgIpc) is 3.21. The molecule has 138 valence electrons. The van der Waals surface area contributed by atoms with Gasteiger partial charge >= 0.3 is 0 Å². The zero-order chi connectivity index (χ0) is 18.6. The fourth-order valence-electron chi connectivity index (χ4n) is 2.97. The maximum absolute atomic E-state index is 12.7. The van der Waals surface area contributed by atoms with Gasteiger partial charge in [0.2, 0.25) is 0 Å². The first-order valence-corrected chi connectivity index (χ1v) is 9.61. The van der Waals surface area contributed by atoms with E-state index in [0.717, 1.165) is 43.1 Å². The number of hydrogen-bond donors (Lipinski definition) is 3. The molecule has 4 N–H and O–H groups in total. The molecule has 3 aromatic rings. The van der Waals surface area contributed by atoms with Crippen molar-refractivity contribution in [3.05, 3.63) is 53.1 Å². The van der Waals surface area contributed by atoms with Gasteiger partial charge < -0.3 is 21.3 Å². The molecular weight excluding hydrogens is 360 g/mol. The monoisotopic (exact) mass is 380 g/mol. The second-order valence-corrected chi connectivity index (χ2v) is 7.10. The van der Waals surface area contributed by atoms with Crippen LogP contribution in [0.4, 0.5) is 17.2 Å². The lowest BCUT2D eigenvalue weighted by Crippen LogP contribution is -2.43. The summed E-state index contributed by atoms with van der Waals surface area (Å²) in [6, 6.07) is 9.41. The van der Waals surface area contributed by atoms with E-state index in [-0.39, 0.29) is 5.91 Å². The summed E-state index contributed by atoms with van der Waals surface area (Å²) in [6.45, 7) is 3.65. The highest BCUT2D eigenvalue weighted by Crippen LogP contribution is 2.28. The molecule has 1 saturated heterocycles. The lowest BCUT2D eigenvalue weighted by Gasteiger charge is -2.27. The zero-order valence-corrected chi connectivity index (χ0v) is 15.5. The van der Waals surface area contributed by atoms with Crippen molar-refractivity contribution in [3.63, 3.8) is 0 Å². The van der Waals surface area contributed by atoms with Crippen LogP contribution in [-0.2, 0) is 0 Å². The third-order valence-electron chi connectivity index (χ3n) is 4.44. The molecule has 1 aliphatic rings. The molecule has 0 aliphatic carbocycles. The Balaban J connectivity index is 1.52. The Morgan fingerprint density at radius 2 is 1.93 bits per heavy atom. The number of nitrogen functional groups attached to an aromatic ring is 1. The van der Waals surface area contributed by atoms with Crippen LogP contribution in [0.25, 0.3) is 11.1 Å². The minimum absolute atomic E-state index is 0.250. The Morgan fingerprint density at radius 3 is 2.70 bits per heavy atom. The van der Waals surface area contributed by atoms with Crippen molar-refractivity contribution < 1.29 is 4.79 Å². The second kappa shape index (κ2) is 7.73. The summed E-state index contributed by atoms with van der Waals surface area (Å²) in [5.74, 6) is 0.602. The summed E-state index contributed by atoms with van der Waals surface area (Å²) in [6.07, 6.45) is 3.47. The summed E-state index contributed by atoms with van der Waals surface area (Å²) in [5, 5.41) is 8.55. The van der Waals surface area contributed by atoms with Gasteiger partial charge in [0.05, 0.1) is 11.4 Å². The molecule has 1 amide bonds. The number of anilines is 3. The summed E-state index contributed by atoms with van der Waals surface area (Å²) in [4.78, 5) is 23.4. The van der Waals surface area contributed by atoms with Gasteiger partial charge in [-0.1, -0.05) is 6.07 Å². The lowest BCUT2D eigenvalue weighted by molar-refractivity contribution is 0.102. The number of hydrogen-bond acceptors (Lipinski definition) is 7. The van der Waals surface area contributed by atoms with Crippen molar-refractivity contribution in [2.24, 2.45) is 0 Å². The van der Waals surface area contributed by atoms with E-state index in [2.05, 4.69) is 25.5 Å². The predicted octanol–water partition coefficient (Wildman–Crippen LogP) is 2.45. The minimum Gasteiger partial charge on any atom is -0.397 e. The molecule has 0 spiro atoms. The number of amides is 1. The van der Waals surface area contributed by atoms with Crippen molar-refractivity contribution in [1.29, 1.82) is 0 Å². The van der Waals surface area contributed by atoms with Crippen LogP contribution in [0.3, 0.4) is 0 Å². The molecular formula is C19H20N6OS. The maximum atomic E-state index is 12.7. The molecule has 2 aromatic heterocycles. The Morgan fingerprint density at radius 1 is 1.15 bits per heavy atom. The fourth-order valence-corrected chi connectivity index (χ4v) is 3.70. The molecule has 3 heterocycles. The second-order valence-electron chi connectivity index (χ2n) is 6.24. The molecule has 0 atom stereocenters. The van der Waals surface area contributed by atoms with Crippen LogP contribution in [-0.4, -0.2) is 42.1 Å². The standard InChI is InChI=1S/C19H20N6OS/c20-15-2-1-14(13-3-5-21-6-4-13)11-16(15)23-18(26)19-24-17(12-27-19)25-9-7-22-8-10-25/h1-6,11-12,22H,7-10,20H2,(H,23,26). The van der Waals surface area contributed by atoms with Crippen LogP contribution in [0.1, 0.15) is 9.80 Å². The molecule has 1 fully saturated rings. The molecule has 1 aromatic carbocycles. The molecule has 1 aliphatic heterocycles. The Labute approximate surface area is 161 Å². The smallest absolute Gasteiger partial charge is 0.284 e. The van der Waals surface area contributed by atoms with Crippen LogP contribution < -0.4 is 21.3 Å². The van der Waals surface area contributed by atoms with Crippen LogP contribution in [0.2, 0.25) is 0 Å². The van der Waals surface area contributed by atoms with Gasteiger partial charge in [-0.15, -0.1) is 11.3 Å². The first-order chi connectivity index (χ1) is 13.2. The van der Waals surface area contributed by atoms with Crippen molar-refractivity contribution in [1.82, 2.24) is 15.3 Å². The quantitative estimate of drug-likeness (QED) is 0.602. The third kappa shape index (κ3) is 3.91. The summed E-state index contributed by atoms with van der Waals surface area (Å²) < 4.78 is 0. The van der Waals surface area contributed by atoms with Crippen molar-refractivity contribution in [2.45, 2.75) is 0 Å². The average molecular weight is 380 g/mol. The van der Waals surface area contributed by atoms with Gasteiger partial charge in [-0.25, -0.2) is 4.98 Å². The van der Waals surface area contributed by atoms with Crippen molar-refractivity contribution >= 4 is 34.4 Å². The Kier molecular flexibility index (Phi) is 4.99. The summed E-state index contributed by atoms with van der Waals surface area (Å²) in [5.41, 5.74) is 9.12. The summed E-state index contributed by atoms with van der Waals surface area (Å²) >= 11 is 1.34. The molecule has 4 rings (SSSR count). The topological polar surface area (TPSA) is 96.2 Å². The molecule has 0 bridgehead atoms. The lowest BCUT2D eigenvalue weighted by atomic mass is 10.1. The number of carbonyl (C=O) groups excluding carboxylic acids is 1. The number of nitrogens with zero attached hydrogens (tertiary/aromatic N) is 3. The number of nitrogens with one attached hydrogen (secondary N) is 2. The molecule has 27 heavy (non-hydrogen) atoms. The van der Waals surface area contributed by atoms with Crippen LogP contribution >= 0.6 is 11.3 Å². The third-order valence-corrected chi connectivity index (χ3v) is 5.27. The number of nitrogens with two attached hydrogens (primary N) is 1. The molecule has 0 unspecified atom stereocenters. The summed E-state index contributed by atoms with van der Waals surface area (Å²) in [7, 11) is 0. The predicted molar refractivity (Wildman–Crippen MR) is 109 cm³/mol. The van der Waals surface area contributed by atoms with E-state index in [1.54, 1.807) is 18.5 Å². The van der Waals surface area contributed by atoms with Gasteiger partial charge in [0.1, 0.15) is 5.82 Å². The minimum atomic E-state index is -0.250. The number of benzene rings is 1. The van der Waals surface area contributed by atoms with E-state index < -0.39 is 0 Å². The van der Waals surface area contributed by atoms with Crippen LogP contribution in [0.5, 0.6) is 0 Å². The van der Waals surface area contributed by atoms with E-state index in [4.69, 9.17) is 5.73 Å². The Hall–Kier alpha value is -2.97. The largest absolute Gasteiger partial charge is 0.397 e. The highest BCUT2D eigenvalue weighted by Gasteiger charge is 2.17. The number of pyridine rings is 1.